The zero-order valence-corrected chi connectivity index (χ0v) is 21.4. The van der Waals surface area contributed by atoms with Crippen LogP contribution in [0.15, 0.2) is 114 Å². The predicted molar refractivity (Wildman–Crippen MR) is 149 cm³/mol. The monoisotopic (exact) mass is 518 g/mol. The fourth-order valence-electron chi connectivity index (χ4n) is 5.63. The molecule has 0 saturated carbocycles. The fraction of sp³-hybridized carbons (Fsp3) is 0.152. The first kappa shape index (κ1) is 24.6. The van der Waals surface area contributed by atoms with Crippen LogP contribution in [0.3, 0.4) is 0 Å². The van der Waals surface area contributed by atoms with E-state index in [-0.39, 0.29) is 29.8 Å². The molecule has 4 aromatic carbocycles. The number of nitrogens with one attached hydrogen (secondary N) is 1. The number of hydrogen-bond acceptors (Lipinski definition) is 4. The summed E-state index contributed by atoms with van der Waals surface area (Å²) in [4.78, 5) is 29.9. The van der Waals surface area contributed by atoms with Crippen molar-refractivity contribution in [3.63, 3.8) is 0 Å². The number of para-hydroxylation sites is 2. The number of benzene rings is 4. The number of halogens is 1. The largest absolute Gasteiger partial charge is 0.497 e. The van der Waals surface area contributed by atoms with Crippen molar-refractivity contribution >= 4 is 23.1 Å². The molecule has 0 unspecified atom stereocenters. The van der Waals surface area contributed by atoms with Crippen molar-refractivity contribution < 1.29 is 18.7 Å². The van der Waals surface area contributed by atoms with Gasteiger partial charge in [0, 0.05) is 23.3 Å². The molecule has 0 saturated heterocycles. The lowest BCUT2D eigenvalue weighted by Gasteiger charge is -2.35. The number of methoxy groups -OCH3 is 1. The molecule has 1 heterocycles. The van der Waals surface area contributed by atoms with Crippen LogP contribution in [-0.4, -0.2) is 18.8 Å². The van der Waals surface area contributed by atoms with Gasteiger partial charge in [0.05, 0.1) is 24.5 Å². The summed E-state index contributed by atoms with van der Waals surface area (Å²) in [7, 11) is 1.63. The minimum atomic E-state index is -0.733. The van der Waals surface area contributed by atoms with E-state index in [1.165, 1.54) is 12.1 Å². The van der Waals surface area contributed by atoms with E-state index in [2.05, 4.69) is 5.32 Å². The summed E-state index contributed by atoms with van der Waals surface area (Å²) in [5.74, 6) is 0.00766. The van der Waals surface area contributed by atoms with Crippen LogP contribution >= 0.6 is 0 Å². The van der Waals surface area contributed by atoms with E-state index in [0.29, 0.717) is 28.8 Å². The van der Waals surface area contributed by atoms with Gasteiger partial charge in [0.1, 0.15) is 11.6 Å². The molecule has 2 aliphatic rings. The lowest BCUT2D eigenvalue weighted by atomic mass is 9.78. The van der Waals surface area contributed by atoms with Crippen LogP contribution in [-0.2, 0) is 4.79 Å². The van der Waals surface area contributed by atoms with E-state index in [1.54, 1.807) is 36.3 Å². The standard InChI is InChI=1S/C33H27FN2O3/c1-39-26-11-7-10-23(18-26)24-19-28-31(30(37)20-24)32(21-14-16-25(34)17-15-21)36(29-13-6-5-12-27(29)35-28)33(38)22-8-3-2-4-9-22/h2-18,24,32,35H,19-20H2,1H3/t24-,32-/m1/s1. The van der Waals surface area contributed by atoms with E-state index in [4.69, 9.17) is 4.74 Å². The molecule has 39 heavy (non-hydrogen) atoms. The summed E-state index contributed by atoms with van der Waals surface area (Å²) in [5.41, 5.74) is 4.87. The van der Waals surface area contributed by atoms with Gasteiger partial charge >= 0.3 is 0 Å². The van der Waals surface area contributed by atoms with Crippen LogP contribution in [0.25, 0.3) is 0 Å². The molecule has 1 aliphatic carbocycles. The molecule has 4 aromatic rings. The molecule has 5 nitrogen and oxygen atoms in total. The number of rotatable bonds is 4. The normalized spacial score (nSPS) is 18.5. The molecule has 2 atom stereocenters. The van der Waals surface area contributed by atoms with Crippen molar-refractivity contribution in [2.24, 2.45) is 0 Å². The number of carbonyl (C=O) groups excluding carboxylic acids is 2. The van der Waals surface area contributed by atoms with E-state index in [0.717, 1.165) is 22.7 Å². The van der Waals surface area contributed by atoms with Gasteiger partial charge in [0.2, 0.25) is 0 Å². The minimum Gasteiger partial charge on any atom is -0.497 e. The van der Waals surface area contributed by atoms with Crippen LogP contribution in [0.5, 0.6) is 5.75 Å². The van der Waals surface area contributed by atoms with Crippen molar-refractivity contribution in [1.82, 2.24) is 0 Å². The lowest BCUT2D eigenvalue weighted by molar-refractivity contribution is -0.116. The maximum Gasteiger partial charge on any atom is 0.259 e. The van der Waals surface area contributed by atoms with Crippen LogP contribution in [0.1, 0.15) is 46.3 Å². The molecule has 6 heteroatoms. The second-order valence-corrected chi connectivity index (χ2v) is 9.83. The Hall–Kier alpha value is -4.71. The Balaban J connectivity index is 1.54. The van der Waals surface area contributed by atoms with Crippen LogP contribution in [0.4, 0.5) is 15.8 Å². The average Bonchev–Trinajstić information content (AvgIpc) is 3.12. The van der Waals surface area contributed by atoms with E-state index >= 15 is 0 Å². The van der Waals surface area contributed by atoms with Crippen molar-refractivity contribution in [2.75, 3.05) is 17.3 Å². The first-order valence-corrected chi connectivity index (χ1v) is 12.9. The summed E-state index contributed by atoms with van der Waals surface area (Å²) in [6.07, 6.45) is 0.864. The average molecular weight is 519 g/mol. The SMILES string of the molecule is COc1cccc([C@H]2CC(=O)C3=C(C2)Nc2ccccc2N(C(=O)c2ccccc2)[C@@H]3c2ccc(F)cc2)c1. The first-order valence-electron chi connectivity index (χ1n) is 12.9. The van der Waals surface area contributed by atoms with Gasteiger partial charge in [-0.2, -0.15) is 0 Å². The Labute approximate surface area is 226 Å². The molecule has 1 N–H and O–H groups in total. The molecule has 0 bridgehead atoms. The molecular formula is C33H27FN2O3. The molecule has 0 aromatic heterocycles. The minimum absolute atomic E-state index is 0.0513. The number of allylic oxidation sites excluding steroid dienone is 1. The van der Waals surface area contributed by atoms with Crippen LogP contribution < -0.4 is 15.0 Å². The lowest BCUT2D eigenvalue weighted by Crippen LogP contribution is -2.38. The molecule has 1 amide bonds. The molecular weight excluding hydrogens is 491 g/mol. The fourth-order valence-corrected chi connectivity index (χ4v) is 5.63. The van der Waals surface area contributed by atoms with Crippen LogP contribution in [0, 0.1) is 5.82 Å². The number of hydrogen-bond donors (Lipinski definition) is 1. The summed E-state index contributed by atoms with van der Waals surface area (Å²) in [6, 6.07) is 29.7. The third-order valence-corrected chi connectivity index (χ3v) is 7.48. The Kier molecular flexibility index (Phi) is 6.45. The van der Waals surface area contributed by atoms with Crippen molar-refractivity contribution in [3.05, 3.63) is 137 Å². The number of amides is 1. The van der Waals surface area contributed by atoms with Gasteiger partial charge in [-0.15, -0.1) is 0 Å². The number of nitrogens with zero attached hydrogens (tertiary/aromatic N) is 1. The Morgan fingerprint density at radius 2 is 1.62 bits per heavy atom. The summed E-state index contributed by atoms with van der Waals surface area (Å²) < 4.78 is 19.4. The Bertz CT molecular complexity index is 1580. The topological polar surface area (TPSA) is 58.6 Å². The van der Waals surface area contributed by atoms with E-state index in [9.17, 15) is 14.0 Å². The molecule has 0 spiro atoms. The highest BCUT2D eigenvalue weighted by Crippen LogP contribution is 2.48. The number of Topliss-reactive ketones (excluding diaryl/α,β-unsaturated/α-hetero) is 1. The first-order chi connectivity index (χ1) is 19.0. The highest BCUT2D eigenvalue weighted by Gasteiger charge is 2.41. The number of carbonyl (C=O) groups is 2. The highest BCUT2D eigenvalue weighted by molar-refractivity contribution is 6.12. The number of fused-ring (bicyclic) bond motifs is 1. The molecule has 0 radical (unpaired) electrons. The van der Waals surface area contributed by atoms with Gasteiger partial charge in [-0.05, 0) is 72.0 Å². The van der Waals surface area contributed by atoms with Gasteiger partial charge in [-0.3, -0.25) is 14.5 Å². The van der Waals surface area contributed by atoms with Gasteiger partial charge in [-0.1, -0.05) is 54.6 Å². The zero-order chi connectivity index (χ0) is 26.9. The number of anilines is 2. The van der Waals surface area contributed by atoms with E-state index in [1.807, 2.05) is 66.7 Å². The summed E-state index contributed by atoms with van der Waals surface area (Å²) in [5, 5.41) is 3.53. The maximum absolute atomic E-state index is 14.2. The second-order valence-electron chi connectivity index (χ2n) is 9.83. The van der Waals surface area contributed by atoms with E-state index < -0.39 is 6.04 Å². The van der Waals surface area contributed by atoms with Gasteiger partial charge in [0.15, 0.2) is 5.78 Å². The van der Waals surface area contributed by atoms with Gasteiger partial charge in [-0.25, -0.2) is 4.39 Å². The second kappa shape index (κ2) is 10.2. The zero-order valence-electron chi connectivity index (χ0n) is 21.4. The van der Waals surface area contributed by atoms with Gasteiger partial charge in [0.25, 0.3) is 5.91 Å². The predicted octanol–water partition coefficient (Wildman–Crippen LogP) is 7.05. The Morgan fingerprint density at radius 3 is 2.38 bits per heavy atom. The third kappa shape index (κ3) is 4.59. The highest BCUT2D eigenvalue weighted by atomic mass is 19.1. The smallest absolute Gasteiger partial charge is 0.259 e. The third-order valence-electron chi connectivity index (χ3n) is 7.48. The molecule has 1 aliphatic heterocycles. The summed E-state index contributed by atoms with van der Waals surface area (Å²) in [6.45, 7) is 0. The quantitative estimate of drug-likeness (QED) is 0.315. The molecule has 0 fully saturated rings. The maximum atomic E-state index is 14.2. The Morgan fingerprint density at radius 1 is 0.872 bits per heavy atom. The van der Waals surface area contributed by atoms with Crippen molar-refractivity contribution in [2.45, 2.75) is 24.8 Å². The van der Waals surface area contributed by atoms with Gasteiger partial charge < -0.3 is 10.1 Å². The molecule has 6 rings (SSSR count). The number of ketones is 1. The molecule has 194 valence electrons. The number of ether oxygens (including phenoxy) is 1. The van der Waals surface area contributed by atoms with Crippen molar-refractivity contribution in [1.29, 1.82) is 0 Å². The van der Waals surface area contributed by atoms with Crippen molar-refractivity contribution in [3.8, 4) is 5.75 Å². The summed E-state index contributed by atoms with van der Waals surface area (Å²) >= 11 is 0. The van der Waals surface area contributed by atoms with Crippen LogP contribution in [0.2, 0.25) is 0 Å².